The number of hydrogen-bond donors (Lipinski definition) is 2. The summed E-state index contributed by atoms with van der Waals surface area (Å²) in [6.45, 7) is 2.73. The molecule has 0 aliphatic carbocycles. The largest absolute Gasteiger partial charge is 0.321 e. The van der Waals surface area contributed by atoms with Gasteiger partial charge in [-0.1, -0.05) is 6.92 Å². The summed E-state index contributed by atoms with van der Waals surface area (Å²) in [4.78, 5) is 12.0. The van der Waals surface area contributed by atoms with Crippen molar-refractivity contribution in [3.8, 4) is 0 Å². The molecule has 1 aliphatic heterocycles. The van der Waals surface area contributed by atoms with Gasteiger partial charge in [0.15, 0.2) is 5.82 Å². The van der Waals surface area contributed by atoms with Gasteiger partial charge in [-0.25, -0.2) is 8.78 Å². The molecule has 6 heteroatoms. The Balaban J connectivity index is 2.17. The highest BCUT2D eigenvalue weighted by Gasteiger charge is 2.30. The van der Waals surface area contributed by atoms with Crippen molar-refractivity contribution < 1.29 is 13.6 Å². The summed E-state index contributed by atoms with van der Waals surface area (Å²) in [5.74, 6) is -1.58. The Morgan fingerprint density at radius 2 is 2.22 bits per heavy atom. The standard InChI is InChI=1S/C12H13BrF2N2O/c1-6-2-3-16-10(6)12(18)17-11-8(13)4-7(14)5-9(11)15/h4-6,10,16H,2-3H2,1H3,(H,17,18). The van der Waals surface area contributed by atoms with E-state index < -0.39 is 11.6 Å². The fourth-order valence-corrected chi connectivity index (χ4v) is 2.56. The molecule has 98 valence electrons. The van der Waals surface area contributed by atoms with Crippen molar-refractivity contribution in [2.24, 2.45) is 5.92 Å². The second-order valence-electron chi connectivity index (χ2n) is 4.43. The van der Waals surface area contributed by atoms with Gasteiger partial charge in [-0.2, -0.15) is 0 Å². The van der Waals surface area contributed by atoms with E-state index in [0.29, 0.717) is 0 Å². The van der Waals surface area contributed by atoms with Gasteiger partial charge < -0.3 is 10.6 Å². The Hall–Kier alpha value is -1.01. The molecule has 2 unspecified atom stereocenters. The van der Waals surface area contributed by atoms with Crippen molar-refractivity contribution in [2.45, 2.75) is 19.4 Å². The molecular weight excluding hydrogens is 306 g/mol. The molecule has 3 nitrogen and oxygen atoms in total. The third kappa shape index (κ3) is 2.70. The van der Waals surface area contributed by atoms with Crippen LogP contribution in [0.2, 0.25) is 0 Å². The molecule has 1 aliphatic rings. The van der Waals surface area contributed by atoms with Gasteiger partial charge in [-0.3, -0.25) is 4.79 Å². The van der Waals surface area contributed by atoms with Gasteiger partial charge in [-0.15, -0.1) is 0 Å². The zero-order valence-corrected chi connectivity index (χ0v) is 11.4. The maximum atomic E-state index is 13.6. The molecule has 1 aromatic rings. The number of hydrogen-bond acceptors (Lipinski definition) is 2. The lowest BCUT2D eigenvalue weighted by Gasteiger charge is -2.16. The van der Waals surface area contributed by atoms with Gasteiger partial charge in [0.25, 0.3) is 0 Å². The number of nitrogens with one attached hydrogen (secondary N) is 2. The van der Waals surface area contributed by atoms with Crippen LogP contribution in [-0.2, 0) is 4.79 Å². The SMILES string of the molecule is CC1CCNC1C(=O)Nc1c(F)cc(F)cc1Br. The minimum Gasteiger partial charge on any atom is -0.321 e. The summed E-state index contributed by atoms with van der Waals surface area (Å²) in [5.41, 5.74) is -0.0256. The summed E-state index contributed by atoms with van der Waals surface area (Å²) >= 11 is 3.04. The fraction of sp³-hybridized carbons (Fsp3) is 0.417. The number of amides is 1. The van der Waals surface area contributed by atoms with Crippen LogP contribution in [0.4, 0.5) is 14.5 Å². The van der Waals surface area contributed by atoms with E-state index >= 15 is 0 Å². The second-order valence-corrected chi connectivity index (χ2v) is 5.29. The lowest BCUT2D eigenvalue weighted by atomic mass is 10.0. The zero-order chi connectivity index (χ0) is 13.3. The predicted molar refractivity (Wildman–Crippen MR) is 68.3 cm³/mol. The molecule has 2 N–H and O–H groups in total. The van der Waals surface area contributed by atoms with E-state index in [2.05, 4.69) is 26.6 Å². The summed E-state index contributed by atoms with van der Waals surface area (Å²) < 4.78 is 26.7. The van der Waals surface area contributed by atoms with Crippen LogP contribution in [0.15, 0.2) is 16.6 Å². The maximum Gasteiger partial charge on any atom is 0.241 e. The Morgan fingerprint density at radius 1 is 1.50 bits per heavy atom. The van der Waals surface area contributed by atoms with Crippen molar-refractivity contribution in [3.05, 3.63) is 28.2 Å². The van der Waals surface area contributed by atoms with Crippen LogP contribution in [0, 0.1) is 17.6 Å². The van der Waals surface area contributed by atoms with E-state index in [9.17, 15) is 13.6 Å². The van der Waals surface area contributed by atoms with Crippen molar-refractivity contribution in [1.82, 2.24) is 5.32 Å². The average molecular weight is 319 g/mol. The molecule has 2 rings (SSSR count). The third-order valence-corrected chi connectivity index (χ3v) is 3.70. The number of rotatable bonds is 2. The smallest absolute Gasteiger partial charge is 0.241 e. The van der Waals surface area contributed by atoms with Crippen LogP contribution in [-0.4, -0.2) is 18.5 Å². The van der Waals surface area contributed by atoms with Crippen LogP contribution in [0.1, 0.15) is 13.3 Å². The highest BCUT2D eigenvalue weighted by atomic mass is 79.9. The van der Waals surface area contributed by atoms with E-state index in [-0.39, 0.29) is 28.0 Å². The lowest BCUT2D eigenvalue weighted by molar-refractivity contribution is -0.118. The predicted octanol–water partition coefficient (Wildman–Crippen LogP) is 2.66. The topological polar surface area (TPSA) is 41.1 Å². The molecule has 0 spiro atoms. The van der Waals surface area contributed by atoms with Crippen molar-refractivity contribution in [1.29, 1.82) is 0 Å². The number of benzene rings is 1. The van der Waals surface area contributed by atoms with Gasteiger partial charge >= 0.3 is 0 Å². The molecule has 1 saturated heterocycles. The zero-order valence-electron chi connectivity index (χ0n) is 9.77. The third-order valence-electron chi connectivity index (χ3n) is 3.07. The molecule has 0 aromatic heterocycles. The molecule has 18 heavy (non-hydrogen) atoms. The van der Waals surface area contributed by atoms with E-state index in [1.807, 2.05) is 6.92 Å². The number of anilines is 1. The van der Waals surface area contributed by atoms with Crippen molar-refractivity contribution in [2.75, 3.05) is 11.9 Å². The van der Waals surface area contributed by atoms with Gasteiger partial charge in [0, 0.05) is 10.5 Å². The lowest BCUT2D eigenvalue weighted by Crippen LogP contribution is -2.39. The highest BCUT2D eigenvalue weighted by Crippen LogP contribution is 2.27. The molecule has 1 heterocycles. The Morgan fingerprint density at radius 3 is 2.78 bits per heavy atom. The Labute approximate surface area is 112 Å². The first-order valence-corrected chi connectivity index (χ1v) is 6.47. The van der Waals surface area contributed by atoms with Crippen molar-refractivity contribution >= 4 is 27.5 Å². The van der Waals surface area contributed by atoms with E-state index in [1.165, 1.54) is 0 Å². The maximum absolute atomic E-state index is 13.6. The highest BCUT2D eigenvalue weighted by molar-refractivity contribution is 9.10. The number of halogens is 3. The molecule has 0 bridgehead atoms. The van der Waals surface area contributed by atoms with Gasteiger partial charge in [-0.05, 0) is 40.9 Å². The summed E-state index contributed by atoms with van der Waals surface area (Å²) in [5, 5.41) is 5.54. The molecule has 0 saturated carbocycles. The summed E-state index contributed by atoms with van der Waals surface area (Å²) in [7, 11) is 0. The first kappa shape index (κ1) is 13.4. The quantitative estimate of drug-likeness (QED) is 0.880. The minimum atomic E-state index is -0.791. The summed E-state index contributed by atoms with van der Waals surface area (Å²) in [6, 6.07) is 1.53. The second kappa shape index (κ2) is 5.32. The van der Waals surface area contributed by atoms with Crippen LogP contribution < -0.4 is 10.6 Å². The fourth-order valence-electron chi connectivity index (χ4n) is 2.05. The van der Waals surface area contributed by atoms with Gasteiger partial charge in [0.2, 0.25) is 5.91 Å². The van der Waals surface area contributed by atoms with Crippen LogP contribution in [0.5, 0.6) is 0 Å². The van der Waals surface area contributed by atoms with Crippen LogP contribution in [0.3, 0.4) is 0 Å². The first-order valence-electron chi connectivity index (χ1n) is 5.68. The normalized spacial score (nSPS) is 23.1. The average Bonchev–Trinajstić information content (AvgIpc) is 2.69. The van der Waals surface area contributed by atoms with E-state index in [4.69, 9.17) is 0 Å². The molecular formula is C12H13BrF2N2O. The minimum absolute atomic E-state index is 0.0256. The summed E-state index contributed by atoms with van der Waals surface area (Å²) in [6.07, 6.45) is 0.908. The molecule has 1 aromatic carbocycles. The number of carbonyl (C=O) groups excluding carboxylic acids is 1. The van der Waals surface area contributed by atoms with Gasteiger partial charge in [0.05, 0.1) is 11.7 Å². The monoisotopic (exact) mass is 318 g/mol. The van der Waals surface area contributed by atoms with E-state index in [1.54, 1.807) is 0 Å². The number of carbonyl (C=O) groups is 1. The molecule has 1 amide bonds. The van der Waals surface area contributed by atoms with E-state index in [0.717, 1.165) is 25.1 Å². The Kier molecular flexibility index (Phi) is 3.97. The molecule has 1 fully saturated rings. The van der Waals surface area contributed by atoms with Crippen LogP contribution >= 0.6 is 15.9 Å². The van der Waals surface area contributed by atoms with Crippen molar-refractivity contribution in [3.63, 3.8) is 0 Å². The molecule has 0 radical (unpaired) electrons. The van der Waals surface area contributed by atoms with Crippen LogP contribution in [0.25, 0.3) is 0 Å². The molecule has 2 atom stereocenters. The first-order chi connectivity index (χ1) is 8.49. The Bertz CT molecular complexity index is 458. The van der Waals surface area contributed by atoms with Gasteiger partial charge in [0.1, 0.15) is 5.82 Å².